The van der Waals surface area contributed by atoms with Crippen LogP contribution in [0.25, 0.3) is 0 Å². The van der Waals surface area contributed by atoms with Crippen LogP contribution in [0, 0.1) is 5.92 Å². The van der Waals surface area contributed by atoms with Crippen molar-refractivity contribution in [2.45, 2.75) is 18.8 Å². The van der Waals surface area contributed by atoms with Crippen LogP contribution in [0.1, 0.15) is 12.5 Å². The van der Waals surface area contributed by atoms with Gasteiger partial charge in [-0.1, -0.05) is 28.9 Å². The summed E-state index contributed by atoms with van der Waals surface area (Å²) in [7, 11) is 4.32. The molecule has 1 aliphatic heterocycles. The molecule has 1 aromatic rings. The van der Waals surface area contributed by atoms with E-state index >= 15 is 0 Å². The van der Waals surface area contributed by atoms with E-state index in [9.17, 15) is 0 Å². The second kappa shape index (κ2) is 5.81. The van der Waals surface area contributed by atoms with Crippen molar-refractivity contribution in [2.75, 3.05) is 32.1 Å². The van der Waals surface area contributed by atoms with E-state index in [1.807, 2.05) is 0 Å². The fraction of sp³-hybridized carbons (Fsp3) is 0.571. The molecular formula is C14H20BrClN2. The van der Waals surface area contributed by atoms with Crippen molar-refractivity contribution in [1.82, 2.24) is 4.90 Å². The van der Waals surface area contributed by atoms with E-state index in [4.69, 9.17) is 11.6 Å². The highest BCUT2D eigenvalue weighted by molar-refractivity contribution is 9.10. The molecule has 0 spiro atoms. The van der Waals surface area contributed by atoms with Gasteiger partial charge in [0.15, 0.2) is 0 Å². The maximum atomic E-state index is 6.05. The van der Waals surface area contributed by atoms with Gasteiger partial charge < -0.3 is 9.80 Å². The van der Waals surface area contributed by atoms with Gasteiger partial charge in [0.2, 0.25) is 0 Å². The molecule has 18 heavy (non-hydrogen) atoms. The third-order valence-electron chi connectivity index (χ3n) is 3.77. The van der Waals surface area contributed by atoms with Crippen molar-refractivity contribution in [3.8, 4) is 0 Å². The van der Waals surface area contributed by atoms with Crippen molar-refractivity contribution < 1.29 is 0 Å². The van der Waals surface area contributed by atoms with Gasteiger partial charge in [-0.25, -0.2) is 0 Å². The van der Waals surface area contributed by atoms with E-state index in [-0.39, 0.29) is 0 Å². The average molecular weight is 332 g/mol. The molecule has 0 N–H and O–H groups in total. The van der Waals surface area contributed by atoms with Gasteiger partial charge in [0, 0.05) is 35.2 Å². The van der Waals surface area contributed by atoms with Crippen LogP contribution in [-0.4, -0.2) is 38.1 Å². The molecule has 0 aliphatic carbocycles. The van der Waals surface area contributed by atoms with E-state index in [1.54, 1.807) is 0 Å². The Morgan fingerprint density at radius 3 is 2.67 bits per heavy atom. The van der Waals surface area contributed by atoms with E-state index in [0.717, 1.165) is 17.6 Å². The van der Waals surface area contributed by atoms with E-state index in [0.29, 0.717) is 17.8 Å². The van der Waals surface area contributed by atoms with Gasteiger partial charge >= 0.3 is 0 Å². The topological polar surface area (TPSA) is 6.48 Å². The van der Waals surface area contributed by atoms with Crippen LogP contribution < -0.4 is 4.90 Å². The highest BCUT2D eigenvalue weighted by Crippen LogP contribution is 2.31. The lowest BCUT2D eigenvalue weighted by molar-refractivity contribution is 0.266. The predicted octanol–water partition coefficient (Wildman–Crippen LogP) is 3.57. The lowest BCUT2D eigenvalue weighted by atomic mass is 10.1. The summed E-state index contributed by atoms with van der Waals surface area (Å²) in [5.41, 5.74) is 2.49. The Labute approximate surface area is 123 Å². The first-order valence-corrected chi connectivity index (χ1v) is 7.61. The first-order valence-electron chi connectivity index (χ1n) is 6.28. The maximum absolute atomic E-state index is 6.05. The highest BCUT2D eigenvalue weighted by atomic mass is 79.9. The zero-order valence-corrected chi connectivity index (χ0v) is 13.5. The quantitative estimate of drug-likeness (QED) is 0.781. The van der Waals surface area contributed by atoms with Crippen molar-refractivity contribution in [3.63, 3.8) is 0 Å². The number of halogens is 2. The molecule has 1 heterocycles. The zero-order valence-electron chi connectivity index (χ0n) is 11.2. The second-order valence-electron chi connectivity index (χ2n) is 5.32. The molecule has 0 amide bonds. The Hall–Kier alpha value is -0.250. The first-order chi connectivity index (χ1) is 8.52. The van der Waals surface area contributed by atoms with Crippen molar-refractivity contribution in [2.24, 2.45) is 5.92 Å². The molecule has 1 aromatic carbocycles. The van der Waals surface area contributed by atoms with E-state index < -0.39 is 0 Å². The van der Waals surface area contributed by atoms with Gasteiger partial charge in [0.1, 0.15) is 0 Å². The monoisotopic (exact) mass is 330 g/mol. The number of benzene rings is 1. The van der Waals surface area contributed by atoms with Gasteiger partial charge in [-0.15, -0.1) is 11.6 Å². The summed E-state index contributed by atoms with van der Waals surface area (Å²) < 4.78 is 1.12. The minimum atomic E-state index is 0.570. The molecular weight excluding hydrogens is 312 g/mol. The van der Waals surface area contributed by atoms with Crippen molar-refractivity contribution in [3.05, 3.63) is 28.2 Å². The summed E-state index contributed by atoms with van der Waals surface area (Å²) in [5, 5.41) is 0. The smallest absolute Gasteiger partial charge is 0.0494 e. The molecule has 1 fully saturated rings. The molecule has 100 valence electrons. The Morgan fingerprint density at radius 1 is 1.39 bits per heavy atom. The Morgan fingerprint density at radius 2 is 2.11 bits per heavy atom. The number of hydrogen-bond donors (Lipinski definition) is 0. The summed E-state index contributed by atoms with van der Waals surface area (Å²) in [6.45, 7) is 4.50. The third-order valence-corrected chi connectivity index (χ3v) is 4.55. The summed E-state index contributed by atoms with van der Waals surface area (Å²) in [6, 6.07) is 6.97. The summed E-state index contributed by atoms with van der Waals surface area (Å²) >= 11 is 9.60. The number of nitrogens with zero attached hydrogens (tertiary/aromatic N) is 2. The fourth-order valence-electron chi connectivity index (χ4n) is 2.76. The van der Waals surface area contributed by atoms with Gasteiger partial charge in [-0.05, 0) is 37.7 Å². The molecule has 2 atom stereocenters. The summed E-state index contributed by atoms with van der Waals surface area (Å²) in [6.07, 6.45) is 0. The van der Waals surface area contributed by atoms with Crippen LogP contribution in [0.5, 0.6) is 0 Å². The molecule has 2 nitrogen and oxygen atoms in total. The molecule has 1 saturated heterocycles. The van der Waals surface area contributed by atoms with Crippen LogP contribution in [0.3, 0.4) is 0 Å². The summed E-state index contributed by atoms with van der Waals surface area (Å²) in [5.74, 6) is 1.25. The minimum absolute atomic E-state index is 0.570. The van der Waals surface area contributed by atoms with Crippen molar-refractivity contribution >= 4 is 33.2 Å². The molecule has 2 rings (SSSR count). The van der Waals surface area contributed by atoms with Gasteiger partial charge in [-0.2, -0.15) is 0 Å². The molecule has 2 unspecified atom stereocenters. The number of rotatable bonds is 3. The lowest BCUT2D eigenvalue weighted by Gasteiger charge is -2.24. The largest absolute Gasteiger partial charge is 0.369 e. The number of hydrogen-bond acceptors (Lipinski definition) is 2. The average Bonchev–Trinajstić information content (AvgIpc) is 2.71. The third kappa shape index (κ3) is 2.84. The molecule has 1 aliphatic rings. The van der Waals surface area contributed by atoms with E-state index in [1.165, 1.54) is 11.3 Å². The predicted molar refractivity (Wildman–Crippen MR) is 82.6 cm³/mol. The Bertz CT molecular complexity index is 422. The SMILES string of the molecule is CC1CN(c2cc(Br)ccc2CCl)CC1N(C)C. The fourth-order valence-corrected chi connectivity index (χ4v) is 3.34. The molecule has 0 radical (unpaired) electrons. The minimum Gasteiger partial charge on any atom is -0.369 e. The van der Waals surface area contributed by atoms with Crippen LogP contribution in [-0.2, 0) is 5.88 Å². The Kier molecular flexibility index (Phi) is 4.57. The number of alkyl halides is 1. The maximum Gasteiger partial charge on any atom is 0.0494 e. The van der Waals surface area contributed by atoms with Gasteiger partial charge in [0.05, 0.1) is 0 Å². The van der Waals surface area contributed by atoms with Crippen LogP contribution in [0.2, 0.25) is 0 Å². The first kappa shape index (κ1) is 14.2. The molecule has 0 saturated carbocycles. The Balaban J connectivity index is 2.25. The lowest BCUT2D eigenvalue weighted by Crippen LogP contribution is -2.34. The number of likely N-dealkylation sites (N-methyl/N-ethyl adjacent to an activating group) is 1. The van der Waals surface area contributed by atoms with Crippen LogP contribution >= 0.6 is 27.5 Å². The van der Waals surface area contributed by atoms with Gasteiger partial charge in [-0.3, -0.25) is 0 Å². The molecule has 0 aromatic heterocycles. The standard InChI is InChI=1S/C14H20BrClN2/c1-10-8-18(9-14(10)17(2)3)13-6-12(15)5-4-11(13)7-16/h4-6,10,14H,7-9H2,1-3H3. The summed E-state index contributed by atoms with van der Waals surface area (Å²) in [4.78, 5) is 4.78. The van der Waals surface area contributed by atoms with Crippen LogP contribution in [0.4, 0.5) is 5.69 Å². The van der Waals surface area contributed by atoms with E-state index in [2.05, 4.69) is 64.9 Å². The highest BCUT2D eigenvalue weighted by Gasteiger charge is 2.31. The molecule has 0 bridgehead atoms. The van der Waals surface area contributed by atoms with Crippen molar-refractivity contribution in [1.29, 1.82) is 0 Å². The normalized spacial score (nSPS) is 24.0. The van der Waals surface area contributed by atoms with Crippen LogP contribution in [0.15, 0.2) is 22.7 Å². The molecule has 4 heteroatoms. The van der Waals surface area contributed by atoms with Gasteiger partial charge in [0.25, 0.3) is 0 Å². The zero-order chi connectivity index (χ0) is 13.3. The number of anilines is 1. The second-order valence-corrected chi connectivity index (χ2v) is 6.50.